The Morgan fingerprint density at radius 3 is 1.83 bits per heavy atom. The van der Waals surface area contributed by atoms with Gasteiger partial charge in [0.25, 0.3) is 0 Å². The van der Waals surface area contributed by atoms with E-state index in [9.17, 15) is 5.11 Å². The highest BCUT2D eigenvalue weighted by atomic mass is 16.5. The summed E-state index contributed by atoms with van der Waals surface area (Å²) >= 11 is 0. The van der Waals surface area contributed by atoms with Gasteiger partial charge in [-0.2, -0.15) is 0 Å². The average molecular weight is 256 g/mol. The molecule has 2 aliphatic heterocycles. The second-order valence-corrected chi connectivity index (χ2v) is 7.49. The van der Waals surface area contributed by atoms with Crippen molar-refractivity contribution in [2.24, 2.45) is 5.92 Å². The van der Waals surface area contributed by atoms with Gasteiger partial charge in [0.15, 0.2) is 0 Å². The lowest BCUT2D eigenvalue weighted by Gasteiger charge is -2.46. The SMILES string of the molecule is CC1CC(O)(C2CC(C)(C)OC2(C)C)CC(C)O1. The molecular formula is C15H28O3. The van der Waals surface area contributed by atoms with E-state index >= 15 is 0 Å². The lowest BCUT2D eigenvalue weighted by atomic mass is 9.69. The molecule has 1 N–H and O–H groups in total. The maximum absolute atomic E-state index is 11.1. The third-order valence-electron chi connectivity index (χ3n) is 4.47. The fraction of sp³-hybridized carbons (Fsp3) is 1.00. The van der Waals surface area contributed by atoms with E-state index in [1.165, 1.54) is 0 Å². The number of hydrogen-bond acceptors (Lipinski definition) is 3. The maximum Gasteiger partial charge on any atom is 0.0753 e. The van der Waals surface area contributed by atoms with Crippen LogP contribution in [-0.2, 0) is 9.47 Å². The van der Waals surface area contributed by atoms with Gasteiger partial charge < -0.3 is 14.6 Å². The Morgan fingerprint density at radius 1 is 0.944 bits per heavy atom. The van der Waals surface area contributed by atoms with Crippen LogP contribution < -0.4 is 0 Å². The lowest BCUT2D eigenvalue weighted by Crippen LogP contribution is -2.53. The van der Waals surface area contributed by atoms with Crippen molar-refractivity contribution < 1.29 is 14.6 Å². The molecule has 0 aromatic heterocycles. The van der Waals surface area contributed by atoms with Crippen LogP contribution in [0.2, 0.25) is 0 Å². The van der Waals surface area contributed by atoms with Crippen molar-refractivity contribution in [2.75, 3.05) is 0 Å². The van der Waals surface area contributed by atoms with E-state index in [0.717, 1.165) is 6.42 Å². The first-order chi connectivity index (χ1) is 8.04. The van der Waals surface area contributed by atoms with Crippen LogP contribution in [0, 0.1) is 5.92 Å². The predicted molar refractivity (Wildman–Crippen MR) is 71.5 cm³/mol. The summed E-state index contributed by atoms with van der Waals surface area (Å²) in [6.45, 7) is 12.5. The van der Waals surface area contributed by atoms with Gasteiger partial charge in [-0.15, -0.1) is 0 Å². The number of ether oxygens (including phenoxy) is 2. The van der Waals surface area contributed by atoms with E-state index in [4.69, 9.17) is 9.47 Å². The van der Waals surface area contributed by atoms with Crippen LogP contribution >= 0.6 is 0 Å². The van der Waals surface area contributed by atoms with Gasteiger partial charge in [-0.25, -0.2) is 0 Å². The van der Waals surface area contributed by atoms with Gasteiger partial charge in [-0.3, -0.25) is 0 Å². The predicted octanol–water partition coefficient (Wildman–Crippen LogP) is 2.90. The van der Waals surface area contributed by atoms with Gasteiger partial charge in [-0.05, 0) is 48.0 Å². The van der Waals surface area contributed by atoms with Crippen molar-refractivity contribution in [1.82, 2.24) is 0 Å². The molecule has 3 heteroatoms. The zero-order valence-electron chi connectivity index (χ0n) is 12.6. The van der Waals surface area contributed by atoms with E-state index in [1.54, 1.807) is 0 Å². The van der Waals surface area contributed by atoms with Gasteiger partial charge in [-0.1, -0.05) is 0 Å². The molecule has 0 saturated carbocycles. The van der Waals surface area contributed by atoms with Gasteiger partial charge in [0.05, 0.1) is 29.0 Å². The van der Waals surface area contributed by atoms with Gasteiger partial charge in [0, 0.05) is 18.8 Å². The van der Waals surface area contributed by atoms with Crippen LogP contribution in [0.4, 0.5) is 0 Å². The van der Waals surface area contributed by atoms with Gasteiger partial charge in [0.1, 0.15) is 0 Å². The second-order valence-electron chi connectivity index (χ2n) is 7.49. The average Bonchev–Trinajstić information content (AvgIpc) is 2.32. The first-order valence-electron chi connectivity index (χ1n) is 7.12. The molecule has 2 heterocycles. The molecule has 3 atom stereocenters. The largest absolute Gasteiger partial charge is 0.389 e. The molecule has 0 amide bonds. The van der Waals surface area contributed by atoms with Crippen LogP contribution in [0.15, 0.2) is 0 Å². The van der Waals surface area contributed by atoms with Crippen LogP contribution in [-0.4, -0.2) is 34.1 Å². The monoisotopic (exact) mass is 256 g/mol. The maximum atomic E-state index is 11.1. The molecule has 2 fully saturated rings. The molecule has 2 saturated heterocycles. The number of rotatable bonds is 1. The highest BCUT2D eigenvalue weighted by Crippen LogP contribution is 2.51. The summed E-state index contributed by atoms with van der Waals surface area (Å²) in [4.78, 5) is 0. The van der Waals surface area contributed by atoms with Crippen molar-refractivity contribution in [3.63, 3.8) is 0 Å². The minimum atomic E-state index is -0.658. The van der Waals surface area contributed by atoms with Crippen LogP contribution in [0.3, 0.4) is 0 Å². The van der Waals surface area contributed by atoms with Crippen LogP contribution in [0.25, 0.3) is 0 Å². The molecule has 0 aromatic rings. The Morgan fingerprint density at radius 2 is 1.44 bits per heavy atom. The summed E-state index contributed by atoms with van der Waals surface area (Å²) in [5.41, 5.74) is -1.07. The fourth-order valence-corrected chi connectivity index (χ4v) is 4.26. The third kappa shape index (κ3) is 2.59. The minimum Gasteiger partial charge on any atom is -0.389 e. The Balaban J connectivity index is 2.24. The molecule has 0 bridgehead atoms. The Labute approximate surface area is 111 Å². The molecule has 106 valence electrons. The summed E-state index contributed by atoms with van der Waals surface area (Å²) < 4.78 is 11.9. The highest BCUT2D eigenvalue weighted by molar-refractivity contribution is 5.06. The fourth-order valence-electron chi connectivity index (χ4n) is 4.26. The van der Waals surface area contributed by atoms with Crippen molar-refractivity contribution in [2.45, 2.75) is 89.8 Å². The standard InChI is InChI=1S/C15H28O3/c1-10-7-15(16,8-11(2)17-10)12-9-13(3,4)18-14(12,5)6/h10-12,16H,7-9H2,1-6H3. The highest BCUT2D eigenvalue weighted by Gasteiger charge is 2.56. The summed E-state index contributed by atoms with van der Waals surface area (Å²) in [6.07, 6.45) is 2.59. The summed E-state index contributed by atoms with van der Waals surface area (Å²) in [7, 11) is 0. The summed E-state index contributed by atoms with van der Waals surface area (Å²) in [6, 6.07) is 0. The molecule has 0 aromatic carbocycles. The first-order valence-corrected chi connectivity index (χ1v) is 7.12. The molecule has 3 nitrogen and oxygen atoms in total. The van der Waals surface area contributed by atoms with E-state index in [-0.39, 0.29) is 29.3 Å². The van der Waals surface area contributed by atoms with Gasteiger partial charge >= 0.3 is 0 Å². The molecule has 3 unspecified atom stereocenters. The van der Waals surface area contributed by atoms with E-state index in [1.807, 2.05) is 0 Å². The van der Waals surface area contributed by atoms with E-state index in [0.29, 0.717) is 12.8 Å². The van der Waals surface area contributed by atoms with Crippen LogP contribution in [0.1, 0.15) is 60.8 Å². The molecular weight excluding hydrogens is 228 g/mol. The summed E-state index contributed by atoms with van der Waals surface area (Å²) in [5.74, 6) is 0.175. The van der Waals surface area contributed by atoms with Crippen molar-refractivity contribution in [3.8, 4) is 0 Å². The topological polar surface area (TPSA) is 38.7 Å². The molecule has 0 radical (unpaired) electrons. The smallest absolute Gasteiger partial charge is 0.0753 e. The molecule has 2 rings (SSSR count). The molecule has 0 spiro atoms. The third-order valence-corrected chi connectivity index (χ3v) is 4.47. The quantitative estimate of drug-likeness (QED) is 0.784. The Bertz CT molecular complexity index is 312. The molecule has 18 heavy (non-hydrogen) atoms. The van der Waals surface area contributed by atoms with E-state index in [2.05, 4.69) is 41.5 Å². The number of hydrogen-bond donors (Lipinski definition) is 1. The van der Waals surface area contributed by atoms with Crippen molar-refractivity contribution in [3.05, 3.63) is 0 Å². The minimum absolute atomic E-state index is 0.123. The van der Waals surface area contributed by atoms with Crippen molar-refractivity contribution >= 4 is 0 Å². The van der Waals surface area contributed by atoms with Crippen LogP contribution in [0.5, 0.6) is 0 Å². The number of aliphatic hydroxyl groups is 1. The van der Waals surface area contributed by atoms with Gasteiger partial charge in [0.2, 0.25) is 0 Å². The zero-order valence-corrected chi connectivity index (χ0v) is 12.6. The Kier molecular flexibility index (Phi) is 3.33. The lowest BCUT2D eigenvalue weighted by molar-refractivity contribution is -0.178. The van der Waals surface area contributed by atoms with E-state index < -0.39 is 5.60 Å². The molecule has 2 aliphatic rings. The second kappa shape index (κ2) is 4.19. The zero-order chi connectivity index (χ0) is 13.8. The normalized spacial score (nSPS) is 47.2. The van der Waals surface area contributed by atoms with Crippen molar-refractivity contribution in [1.29, 1.82) is 0 Å². The Hall–Kier alpha value is -0.120. The summed E-state index contributed by atoms with van der Waals surface area (Å²) in [5, 5.41) is 11.1. The first kappa shape index (κ1) is 14.3. The molecule has 0 aliphatic carbocycles.